The second-order valence-electron chi connectivity index (χ2n) is 4.93. The van der Waals surface area contributed by atoms with Crippen LogP contribution in [-0.4, -0.2) is 18.4 Å². The molecule has 0 saturated carbocycles. The molecule has 5 nitrogen and oxygen atoms in total. The molecule has 0 aliphatic heterocycles. The molecule has 0 fully saturated rings. The fourth-order valence-electron chi connectivity index (χ4n) is 2.10. The van der Waals surface area contributed by atoms with E-state index in [1.54, 1.807) is 12.1 Å². The minimum Gasteiger partial charge on any atom is -0.488 e. The predicted molar refractivity (Wildman–Crippen MR) is 98.7 cm³/mol. The van der Waals surface area contributed by atoms with Gasteiger partial charge >= 0.3 is 6.09 Å². The van der Waals surface area contributed by atoms with Gasteiger partial charge in [0.05, 0.1) is 17.3 Å². The second kappa shape index (κ2) is 8.50. The number of amides is 1. The maximum absolute atomic E-state index is 11.6. The smallest absolute Gasteiger partial charge is 0.438 e. The minimum absolute atomic E-state index is 0.162. The summed E-state index contributed by atoms with van der Waals surface area (Å²) < 4.78 is 11.9. The van der Waals surface area contributed by atoms with Crippen molar-refractivity contribution in [3.05, 3.63) is 56.5 Å². The normalized spacial score (nSPS) is 10.4. The third-order valence-corrected chi connectivity index (χ3v) is 4.81. The molecule has 0 aromatic heterocycles. The van der Waals surface area contributed by atoms with Crippen LogP contribution in [-0.2, 0) is 17.8 Å². The highest BCUT2D eigenvalue weighted by Crippen LogP contribution is 2.31. The van der Waals surface area contributed by atoms with Crippen molar-refractivity contribution in [2.75, 3.05) is 12.2 Å². The number of hydrogen-bond acceptors (Lipinski definition) is 4. The second-order valence-corrected chi connectivity index (χ2v) is 6.64. The number of rotatable bonds is 5. The molecule has 0 heterocycles. The molecule has 2 rings (SSSR count). The molecule has 0 radical (unpaired) electrons. The van der Waals surface area contributed by atoms with E-state index in [1.807, 2.05) is 24.3 Å². The Labute approximate surface area is 157 Å². The Hall–Kier alpha value is -1.57. The van der Waals surface area contributed by atoms with Crippen LogP contribution in [0.15, 0.2) is 45.3 Å². The largest absolute Gasteiger partial charge is 0.488 e. The molecule has 1 amide bonds. The Morgan fingerprint density at radius 2 is 1.96 bits per heavy atom. The first-order chi connectivity index (χ1) is 11.5. The van der Waals surface area contributed by atoms with Gasteiger partial charge in [-0.2, -0.15) is 5.06 Å². The van der Waals surface area contributed by atoms with Crippen LogP contribution in [0.1, 0.15) is 18.1 Å². The van der Waals surface area contributed by atoms with Crippen molar-refractivity contribution in [3.63, 3.8) is 0 Å². The topological polar surface area (TPSA) is 59.0 Å². The zero-order valence-corrected chi connectivity index (χ0v) is 16.4. The number of hydrogen-bond donors (Lipinski definition) is 1. The van der Waals surface area contributed by atoms with Gasteiger partial charge in [0.2, 0.25) is 0 Å². The van der Waals surface area contributed by atoms with Crippen LogP contribution in [0.25, 0.3) is 0 Å². The number of anilines is 1. The van der Waals surface area contributed by atoms with E-state index >= 15 is 0 Å². The number of nitrogens with zero attached hydrogens (tertiary/aromatic N) is 1. The van der Waals surface area contributed by atoms with E-state index < -0.39 is 6.09 Å². The lowest BCUT2D eigenvalue weighted by molar-refractivity contribution is 0.140. The first-order valence-electron chi connectivity index (χ1n) is 7.23. The van der Waals surface area contributed by atoms with Gasteiger partial charge in [0.15, 0.2) is 0 Å². The molecule has 2 aromatic carbocycles. The first-order valence-corrected chi connectivity index (χ1v) is 8.82. The highest BCUT2D eigenvalue weighted by atomic mass is 79.9. The summed E-state index contributed by atoms with van der Waals surface area (Å²) in [5, 5.41) is 10.4. The fourth-order valence-corrected chi connectivity index (χ4v) is 3.12. The Kier molecular flexibility index (Phi) is 6.65. The Balaban J connectivity index is 2.25. The summed E-state index contributed by atoms with van der Waals surface area (Å²) in [7, 11) is 1.20. The van der Waals surface area contributed by atoms with Crippen molar-refractivity contribution in [2.24, 2.45) is 0 Å². The first kappa shape index (κ1) is 18.8. The average molecular weight is 459 g/mol. The van der Waals surface area contributed by atoms with Crippen LogP contribution < -0.4 is 9.80 Å². The molecule has 2 aromatic rings. The van der Waals surface area contributed by atoms with Crippen LogP contribution in [0.3, 0.4) is 0 Å². The minimum atomic E-state index is -0.872. The van der Waals surface area contributed by atoms with Crippen LogP contribution >= 0.6 is 31.9 Å². The summed E-state index contributed by atoms with van der Waals surface area (Å²) in [4.78, 5) is 11.6. The number of ether oxygens (including phenoxy) is 2. The summed E-state index contributed by atoms with van der Waals surface area (Å²) in [6, 6.07) is 11.0. The van der Waals surface area contributed by atoms with Gasteiger partial charge in [-0.05, 0) is 52.2 Å². The van der Waals surface area contributed by atoms with Crippen LogP contribution in [0.5, 0.6) is 5.75 Å². The van der Waals surface area contributed by atoms with Crippen molar-refractivity contribution in [3.8, 4) is 5.75 Å². The van der Waals surface area contributed by atoms with E-state index in [1.165, 1.54) is 12.7 Å². The van der Waals surface area contributed by atoms with Gasteiger partial charge in [-0.15, -0.1) is 0 Å². The Morgan fingerprint density at radius 3 is 2.58 bits per heavy atom. The van der Waals surface area contributed by atoms with E-state index in [4.69, 9.17) is 4.74 Å². The van der Waals surface area contributed by atoms with Crippen LogP contribution in [0.4, 0.5) is 10.5 Å². The highest BCUT2D eigenvalue weighted by molar-refractivity contribution is 9.10. The zero-order chi connectivity index (χ0) is 17.7. The average Bonchev–Trinajstić information content (AvgIpc) is 2.59. The van der Waals surface area contributed by atoms with Crippen molar-refractivity contribution in [1.29, 1.82) is 0 Å². The molecule has 0 unspecified atom stereocenters. The van der Waals surface area contributed by atoms with Crippen LogP contribution in [0, 0.1) is 0 Å². The lowest BCUT2D eigenvalue weighted by Crippen LogP contribution is -2.28. The Morgan fingerprint density at radius 1 is 1.21 bits per heavy atom. The molecule has 1 N–H and O–H groups in total. The third-order valence-electron chi connectivity index (χ3n) is 3.45. The molecule has 0 aliphatic carbocycles. The predicted octanol–water partition coefficient (Wildman–Crippen LogP) is 5.32. The van der Waals surface area contributed by atoms with E-state index in [2.05, 4.69) is 43.5 Å². The van der Waals surface area contributed by atoms with Gasteiger partial charge in [0.25, 0.3) is 0 Å². The molecule has 0 spiro atoms. The number of carbonyl (C=O) groups excluding carboxylic acids is 1. The monoisotopic (exact) mass is 457 g/mol. The quantitative estimate of drug-likeness (QED) is 0.486. The number of benzene rings is 2. The summed E-state index contributed by atoms with van der Waals surface area (Å²) in [5.41, 5.74) is 2.11. The third kappa shape index (κ3) is 4.28. The lowest BCUT2D eigenvalue weighted by atomic mass is 10.1. The van der Waals surface area contributed by atoms with E-state index in [9.17, 15) is 10.0 Å². The van der Waals surface area contributed by atoms with Crippen LogP contribution in [0.2, 0.25) is 0 Å². The number of halogens is 2. The molecular weight excluding hydrogens is 442 g/mol. The van der Waals surface area contributed by atoms with E-state index in [0.29, 0.717) is 20.8 Å². The van der Waals surface area contributed by atoms with Crippen molar-refractivity contribution in [1.82, 2.24) is 0 Å². The number of aryl methyl sites for hydroxylation is 1. The summed E-state index contributed by atoms with van der Waals surface area (Å²) >= 11 is 6.91. The van der Waals surface area contributed by atoms with Crippen molar-refractivity contribution < 1.29 is 19.5 Å². The van der Waals surface area contributed by atoms with Crippen molar-refractivity contribution >= 4 is 43.6 Å². The fraction of sp³-hybridized carbons (Fsp3) is 0.235. The Bertz CT molecular complexity index is 737. The number of carbonyl (C=O) groups is 1. The maximum Gasteiger partial charge on any atom is 0.438 e. The van der Waals surface area contributed by atoms with Gasteiger partial charge < -0.3 is 9.47 Å². The summed E-state index contributed by atoms with van der Waals surface area (Å²) in [5.74, 6) is 0.677. The standard InChI is InChI=1S/C17H17Br2NO4/c1-3-11-7-8-16(14(19)9-11)24-10-12-13(18)5-4-6-15(12)20(22)17(21)23-2/h4-9,22H,3,10H2,1-2H3. The lowest BCUT2D eigenvalue weighted by Gasteiger charge is -2.19. The molecule has 7 heteroatoms. The molecule has 0 atom stereocenters. The van der Waals surface area contributed by atoms with E-state index in [0.717, 1.165) is 10.9 Å². The summed E-state index contributed by atoms with van der Waals surface area (Å²) in [6.07, 6.45) is 0.0640. The maximum atomic E-state index is 11.6. The van der Waals surface area contributed by atoms with E-state index in [-0.39, 0.29) is 12.3 Å². The molecule has 128 valence electrons. The molecule has 0 saturated heterocycles. The zero-order valence-electron chi connectivity index (χ0n) is 13.3. The van der Waals surface area contributed by atoms with Gasteiger partial charge in [-0.3, -0.25) is 5.21 Å². The van der Waals surface area contributed by atoms with Gasteiger partial charge in [0, 0.05) is 10.0 Å². The SMILES string of the molecule is CCc1ccc(OCc2c(Br)cccc2N(O)C(=O)OC)c(Br)c1. The van der Waals surface area contributed by atoms with Gasteiger partial charge in [-0.25, -0.2) is 4.79 Å². The molecule has 0 bridgehead atoms. The molecule has 0 aliphatic rings. The molecular formula is C17H17Br2NO4. The van der Waals surface area contributed by atoms with Gasteiger partial charge in [0.1, 0.15) is 12.4 Å². The number of hydroxylamine groups is 1. The van der Waals surface area contributed by atoms with Gasteiger partial charge in [-0.1, -0.05) is 35.0 Å². The molecule has 24 heavy (non-hydrogen) atoms. The van der Waals surface area contributed by atoms with Crippen molar-refractivity contribution in [2.45, 2.75) is 20.0 Å². The summed E-state index contributed by atoms with van der Waals surface area (Å²) in [6.45, 7) is 2.24. The highest BCUT2D eigenvalue weighted by Gasteiger charge is 2.19. The number of methoxy groups -OCH3 is 1.